The van der Waals surface area contributed by atoms with Crippen LogP contribution in [0, 0.1) is 6.92 Å². The van der Waals surface area contributed by atoms with Crippen LogP contribution in [-0.2, 0) is 6.54 Å². The summed E-state index contributed by atoms with van der Waals surface area (Å²) in [5.41, 5.74) is 1.13. The van der Waals surface area contributed by atoms with Crippen LogP contribution in [-0.4, -0.2) is 31.1 Å². The highest BCUT2D eigenvalue weighted by atomic mass is 16.4. The molecule has 7 heteroatoms. The fourth-order valence-electron chi connectivity index (χ4n) is 1.88. The van der Waals surface area contributed by atoms with E-state index in [9.17, 15) is 4.79 Å². The maximum atomic E-state index is 11.1. The number of oxazole rings is 1. The molecule has 0 spiro atoms. The Morgan fingerprint density at radius 1 is 1.47 bits per heavy atom. The summed E-state index contributed by atoms with van der Waals surface area (Å²) in [6.45, 7) is 2.12. The van der Waals surface area contributed by atoms with Crippen molar-refractivity contribution in [2.45, 2.75) is 13.5 Å². The van der Waals surface area contributed by atoms with Gasteiger partial charge in [0.25, 0.3) is 0 Å². The first-order valence-electron chi connectivity index (χ1n) is 5.62. The number of carbonyl (C=O) groups is 1. The molecule has 0 aliphatic carbocycles. The average molecular weight is 258 g/mol. The van der Waals surface area contributed by atoms with E-state index in [1.165, 1.54) is 6.07 Å². The molecule has 0 bridgehead atoms. The van der Waals surface area contributed by atoms with Gasteiger partial charge in [-0.05, 0) is 19.1 Å². The van der Waals surface area contributed by atoms with Gasteiger partial charge in [-0.15, -0.1) is 5.10 Å². The minimum absolute atomic E-state index is 0.132. The highest BCUT2D eigenvalue weighted by Gasteiger charge is 2.14. The van der Waals surface area contributed by atoms with Crippen LogP contribution in [0.5, 0.6) is 0 Å². The Hall–Kier alpha value is -2.70. The van der Waals surface area contributed by atoms with Crippen LogP contribution < -0.4 is 0 Å². The average Bonchev–Trinajstić information content (AvgIpc) is 2.97. The number of aryl methyl sites for hydroxylation is 1. The van der Waals surface area contributed by atoms with Crippen molar-refractivity contribution >= 4 is 17.0 Å². The molecule has 0 radical (unpaired) electrons. The molecule has 1 aromatic carbocycles. The molecule has 0 aliphatic rings. The zero-order valence-corrected chi connectivity index (χ0v) is 10.1. The fraction of sp³-hybridized carbons (Fsp3) is 0.167. The summed E-state index contributed by atoms with van der Waals surface area (Å²) < 4.78 is 6.93. The Morgan fingerprint density at radius 2 is 2.32 bits per heavy atom. The van der Waals surface area contributed by atoms with E-state index in [0.29, 0.717) is 29.2 Å². The highest BCUT2D eigenvalue weighted by molar-refractivity contribution is 6.00. The first-order chi connectivity index (χ1) is 9.15. The first kappa shape index (κ1) is 11.4. The molecule has 0 saturated heterocycles. The molecule has 0 saturated carbocycles. The number of carboxylic acid groups (broad SMARTS) is 1. The van der Waals surface area contributed by atoms with Crippen molar-refractivity contribution in [1.82, 2.24) is 20.0 Å². The van der Waals surface area contributed by atoms with Crippen LogP contribution in [0.25, 0.3) is 11.0 Å². The van der Waals surface area contributed by atoms with Gasteiger partial charge in [0.05, 0.1) is 17.3 Å². The topological polar surface area (TPSA) is 94.0 Å². The number of aromatic nitrogens is 4. The van der Waals surface area contributed by atoms with Gasteiger partial charge in [0.2, 0.25) is 5.89 Å². The van der Waals surface area contributed by atoms with Gasteiger partial charge in [-0.1, -0.05) is 11.3 Å². The third-order valence-electron chi connectivity index (χ3n) is 2.73. The number of rotatable bonds is 3. The van der Waals surface area contributed by atoms with Gasteiger partial charge in [0, 0.05) is 0 Å². The summed E-state index contributed by atoms with van der Waals surface area (Å²) >= 11 is 0. The number of hydrogen-bond acceptors (Lipinski definition) is 5. The number of benzene rings is 1. The van der Waals surface area contributed by atoms with E-state index < -0.39 is 5.97 Å². The lowest BCUT2D eigenvalue weighted by molar-refractivity contribution is 0.0699. The van der Waals surface area contributed by atoms with Gasteiger partial charge in [0.15, 0.2) is 0 Å². The molecule has 3 aromatic rings. The van der Waals surface area contributed by atoms with E-state index >= 15 is 0 Å². The lowest BCUT2D eigenvalue weighted by Crippen LogP contribution is -2.02. The Kier molecular flexibility index (Phi) is 2.52. The van der Waals surface area contributed by atoms with E-state index in [-0.39, 0.29) is 5.56 Å². The molecule has 2 aromatic heterocycles. The molecule has 19 heavy (non-hydrogen) atoms. The lowest BCUT2D eigenvalue weighted by atomic mass is 10.2. The van der Waals surface area contributed by atoms with Gasteiger partial charge in [-0.2, -0.15) is 0 Å². The molecule has 2 heterocycles. The van der Waals surface area contributed by atoms with Crippen LogP contribution in [0.1, 0.15) is 22.0 Å². The van der Waals surface area contributed by atoms with Crippen molar-refractivity contribution in [1.29, 1.82) is 0 Å². The smallest absolute Gasteiger partial charge is 0.338 e. The second-order valence-electron chi connectivity index (χ2n) is 4.09. The molecule has 3 rings (SSSR count). The number of carboxylic acids is 1. The standard InChI is InChI=1S/C12H10N4O3/c1-7-5-13-10(19-7)6-16-9-4-2-3-8(12(17)18)11(9)14-15-16/h2-5H,6H2,1H3,(H,17,18). The van der Waals surface area contributed by atoms with Crippen molar-refractivity contribution < 1.29 is 14.3 Å². The maximum Gasteiger partial charge on any atom is 0.338 e. The SMILES string of the molecule is Cc1cnc(Cn2nnc3c(C(=O)O)cccc32)o1. The quantitative estimate of drug-likeness (QED) is 0.764. The summed E-state index contributed by atoms with van der Waals surface area (Å²) in [6.07, 6.45) is 1.62. The van der Waals surface area contributed by atoms with E-state index in [0.717, 1.165) is 0 Å². The van der Waals surface area contributed by atoms with Crippen molar-refractivity contribution in [2.75, 3.05) is 0 Å². The second-order valence-corrected chi connectivity index (χ2v) is 4.09. The molecule has 0 atom stereocenters. The molecule has 0 amide bonds. The van der Waals surface area contributed by atoms with Gasteiger partial charge in [-0.25, -0.2) is 14.5 Å². The second kappa shape index (κ2) is 4.20. The molecule has 0 unspecified atom stereocenters. The van der Waals surface area contributed by atoms with Crippen LogP contribution >= 0.6 is 0 Å². The van der Waals surface area contributed by atoms with Gasteiger partial charge in [-0.3, -0.25) is 0 Å². The highest BCUT2D eigenvalue weighted by Crippen LogP contribution is 2.17. The summed E-state index contributed by atoms with van der Waals surface area (Å²) in [5, 5.41) is 16.9. The minimum Gasteiger partial charge on any atom is -0.478 e. The number of fused-ring (bicyclic) bond motifs is 1. The molecular formula is C12H10N4O3. The molecule has 1 N–H and O–H groups in total. The summed E-state index contributed by atoms with van der Waals surface area (Å²) in [5.74, 6) is 0.195. The predicted octanol–water partition coefficient (Wildman–Crippen LogP) is 1.47. The number of hydrogen-bond donors (Lipinski definition) is 1. The van der Waals surface area contributed by atoms with Crippen LogP contribution in [0.3, 0.4) is 0 Å². The fourth-order valence-corrected chi connectivity index (χ4v) is 1.88. The number of aromatic carboxylic acids is 1. The Morgan fingerprint density at radius 3 is 3.00 bits per heavy atom. The molecule has 7 nitrogen and oxygen atoms in total. The van der Waals surface area contributed by atoms with Crippen LogP contribution in [0.2, 0.25) is 0 Å². The Labute approximate surface area is 107 Å². The maximum absolute atomic E-state index is 11.1. The zero-order chi connectivity index (χ0) is 13.4. The van der Waals surface area contributed by atoms with Gasteiger partial charge < -0.3 is 9.52 Å². The van der Waals surface area contributed by atoms with Crippen LogP contribution in [0.4, 0.5) is 0 Å². The van der Waals surface area contributed by atoms with E-state index in [2.05, 4.69) is 15.3 Å². The normalized spacial score (nSPS) is 11.0. The molecule has 0 aliphatic heterocycles. The minimum atomic E-state index is -1.02. The van der Waals surface area contributed by atoms with Crippen molar-refractivity contribution in [2.24, 2.45) is 0 Å². The zero-order valence-electron chi connectivity index (χ0n) is 10.1. The lowest BCUT2D eigenvalue weighted by Gasteiger charge is -1.99. The predicted molar refractivity (Wildman–Crippen MR) is 64.8 cm³/mol. The third-order valence-corrected chi connectivity index (χ3v) is 2.73. The number of nitrogens with zero attached hydrogens (tertiary/aromatic N) is 4. The van der Waals surface area contributed by atoms with Crippen molar-refractivity contribution in [3.63, 3.8) is 0 Å². The Balaban J connectivity index is 2.06. The molecular weight excluding hydrogens is 248 g/mol. The van der Waals surface area contributed by atoms with Crippen LogP contribution in [0.15, 0.2) is 28.8 Å². The van der Waals surface area contributed by atoms with E-state index in [1.54, 1.807) is 29.9 Å². The monoisotopic (exact) mass is 258 g/mol. The third kappa shape index (κ3) is 1.95. The Bertz CT molecular complexity index is 759. The van der Waals surface area contributed by atoms with Gasteiger partial charge >= 0.3 is 5.97 Å². The molecule has 0 fully saturated rings. The largest absolute Gasteiger partial charge is 0.478 e. The van der Waals surface area contributed by atoms with E-state index in [4.69, 9.17) is 9.52 Å². The van der Waals surface area contributed by atoms with Gasteiger partial charge in [0.1, 0.15) is 17.8 Å². The summed E-state index contributed by atoms with van der Waals surface area (Å²) in [7, 11) is 0. The molecule has 96 valence electrons. The summed E-state index contributed by atoms with van der Waals surface area (Å²) in [6, 6.07) is 4.92. The van der Waals surface area contributed by atoms with Crippen molar-refractivity contribution in [3.05, 3.63) is 41.6 Å². The van der Waals surface area contributed by atoms with E-state index in [1.807, 2.05) is 0 Å². The van der Waals surface area contributed by atoms with Crippen molar-refractivity contribution in [3.8, 4) is 0 Å². The first-order valence-corrected chi connectivity index (χ1v) is 5.62. The summed E-state index contributed by atoms with van der Waals surface area (Å²) in [4.78, 5) is 15.2.